The maximum absolute atomic E-state index is 11.5. The summed E-state index contributed by atoms with van der Waals surface area (Å²) in [5.74, 6) is 0.941. The minimum atomic E-state index is -0.374. The molecule has 0 atom stereocenters. The molecule has 0 saturated heterocycles. The van der Waals surface area contributed by atoms with Crippen molar-refractivity contribution in [3.05, 3.63) is 65.9 Å². The Labute approximate surface area is 157 Å². The molecule has 0 spiro atoms. The van der Waals surface area contributed by atoms with Gasteiger partial charge in [0.2, 0.25) is 5.95 Å². The van der Waals surface area contributed by atoms with E-state index in [4.69, 9.17) is 4.74 Å². The first-order chi connectivity index (χ1) is 13.1. The van der Waals surface area contributed by atoms with Gasteiger partial charge in [-0.2, -0.15) is 10.1 Å². The second kappa shape index (κ2) is 8.27. The lowest BCUT2D eigenvalue weighted by atomic mass is 10.0. The van der Waals surface area contributed by atoms with E-state index in [2.05, 4.69) is 45.7 Å². The number of para-hydroxylation sites is 1. The number of hydrogen-bond acceptors (Lipinski definition) is 7. The van der Waals surface area contributed by atoms with Gasteiger partial charge < -0.3 is 15.4 Å². The van der Waals surface area contributed by atoms with Crippen molar-refractivity contribution in [3.8, 4) is 0 Å². The van der Waals surface area contributed by atoms with Gasteiger partial charge in [0.25, 0.3) is 0 Å². The van der Waals surface area contributed by atoms with Gasteiger partial charge >= 0.3 is 5.97 Å². The van der Waals surface area contributed by atoms with E-state index in [0.29, 0.717) is 23.2 Å². The summed E-state index contributed by atoms with van der Waals surface area (Å²) in [6.07, 6.45) is 1.54. The van der Waals surface area contributed by atoms with Gasteiger partial charge in [-0.25, -0.2) is 4.79 Å². The Bertz CT molecular complexity index is 926. The third-order valence-electron chi connectivity index (χ3n) is 3.97. The number of methoxy groups -OCH3 is 1. The molecule has 2 N–H and O–H groups in total. The van der Waals surface area contributed by atoms with Gasteiger partial charge in [0, 0.05) is 11.4 Å². The highest BCUT2D eigenvalue weighted by molar-refractivity contribution is 5.89. The molecule has 0 saturated carbocycles. The Hall–Kier alpha value is -3.48. The topological polar surface area (TPSA) is 89.0 Å². The van der Waals surface area contributed by atoms with Crippen molar-refractivity contribution in [2.24, 2.45) is 0 Å². The first kappa shape index (κ1) is 18.3. The number of hydrogen-bond donors (Lipinski definition) is 2. The Kier molecular flexibility index (Phi) is 5.61. The standard InChI is InChI=1S/C20H21N5O2/c1-13(2)16-6-4-5-7-17(16)23-20-24-18(12-21-25-20)22-15-10-8-14(9-11-15)19(26)27-3/h4-13H,1-3H3,(H2,22,23,24,25). The highest BCUT2D eigenvalue weighted by atomic mass is 16.5. The van der Waals surface area contributed by atoms with Crippen LogP contribution in [0.15, 0.2) is 54.7 Å². The van der Waals surface area contributed by atoms with Crippen LogP contribution in [0.1, 0.15) is 35.7 Å². The van der Waals surface area contributed by atoms with Crippen LogP contribution >= 0.6 is 0 Å². The monoisotopic (exact) mass is 363 g/mol. The number of ether oxygens (including phenoxy) is 1. The van der Waals surface area contributed by atoms with E-state index in [1.54, 1.807) is 24.3 Å². The van der Waals surface area contributed by atoms with Gasteiger partial charge in [-0.15, -0.1) is 5.10 Å². The van der Waals surface area contributed by atoms with E-state index in [0.717, 1.165) is 11.4 Å². The lowest BCUT2D eigenvalue weighted by molar-refractivity contribution is 0.0601. The smallest absolute Gasteiger partial charge is 0.337 e. The van der Waals surface area contributed by atoms with Crippen molar-refractivity contribution >= 4 is 29.1 Å². The number of rotatable bonds is 6. The molecule has 0 bridgehead atoms. The first-order valence-electron chi connectivity index (χ1n) is 8.58. The summed E-state index contributed by atoms with van der Waals surface area (Å²) in [7, 11) is 1.35. The predicted molar refractivity (Wildman–Crippen MR) is 105 cm³/mol. The van der Waals surface area contributed by atoms with Gasteiger partial charge in [0.1, 0.15) is 0 Å². The fraction of sp³-hybridized carbons (Fsp3) is 0.200. The Morgan fingerprint density at radius 2 is 1.78 bits per heavy atom. The van der Waals surface area contributed by atoms with Gasteiger partial charge in [0.15, 0.2) is 5.82 Å². The molecule has 1 aromatic heterocycles. The normalized spacial score (nSPS) is 10.5. The number of anilines is 4. The van der Waals surface area contributed by atoms with E-state index in [9.17, 15) is 4.79 Å². The summed E-state index contributed by atoms with van der Waals surface area (Å²) in [5.41, 5.74) is 3.39. The van der Waals surface area contributed by atoms with Crippen LogP contribution in [0.25, 0.3) is 0 Å². The van der Waals surface area contributed by atoms with Gasteiger partial charge in [-0.1, -0.05) is 32.0 Å². The predicted octanol–water partition coefficient (Wildman–Crippen LogP) is 4.27. The Morgan fingerprint density at radius 3 is 2.48 bits per heavy atom. The number of carbonyl (C=O) groups excluding carboxylic acids is 1. The number of carbonyl (C=O) groups is 1. The lowest BCUT2D eigenvalue weighted by Crippen LogP contribution is -2.05. The highest BCUT2D eigenvalue weighted by Gasteiger charge is 2.09. The van der Waals surface area contributed by atoms with Crippen LogP contribution in [0.4, 0.5) is 23.1 Å². The summed E-state index contributed by atoms with van der Waals surface area (Å²) in [4.78, 5) is 15.9. The molecule has 1 heterocycles. The van der Waals surface area contributed by atoms with Crippen LogP contribution in [0, 0.1) is 0 Å². The van der Waals surface area contributed by atoms with Crippen molar-refractivity contribution in [1.29, 1.82) is 0 Å². The van der Waals surface area contributed by atoms with E-state index < -0.39 is 0 Å². The van der Waals surface area contributed by atoms with Crippen LogP contribution in [-0.4, -0.2) is 28.3 Å². The molecular weight excluding hydrogens is 342 g/mol. The van der Waals surface area contributed by atoms with Crippen LogP contribution in [0.2, 0.25) is 0 Å². The van der Waals surface area contributed by atoms with E-state index in [1.165, 1.54) is 18.9 Å². The molecule has 27 heavy (non-hydrogen) atoms. The quantitative estimate of drug-likeness (QED) is 0.632. The Morgan fingerprint density at radius 1 is 1.04 bits per heavy atom. The number of esters is 1. The fourth-order valence-electron chi connectivity index (χ4n) is 2.61. The summed E-state index contributed by atoms with van der Waals surface area (Å²) in [6.45, 7) is 4.27. The Balaban J connectivity index is 1.75. The molecule has 3 aromatic rings. The summed E-state index contributed by atoms with van der Waals surface area (Å²) in [6, 6.07) is 14.9. The van der Waals surface area contributed by atoms with Crippen LogP contribution in [0.5, 0.6) is 0 Å². The van der Waals surface area contributed by atoms with Crippen LogP contribution in [0.3, 0.4) is 0 Å². The zero-order valence-electron chi connectivity index (χ0n) is 15.4. The number of nitrogens with zero attached hydrogens (tertiary/aromatic N) is 3. The van der Waals surface area contributed by atoms with Crippen molar-refractivity contribution in [2.45, 2.75) is 19.8 Å². The number of aromatic nitrogens is 3. The average molecular weight is 363 g/mol. The third kappa shape index (κ3) is 4.58. The minimum Gasteiger partial charge on any atom is -0.465 e. The lowest BCUT2D eigenvalue weighted by Gasteiger charge is -2.13. The van der Waals surface area contributed by atoms with Crippen molar-refractivity contribution in [2.75, 3.05) is 17.7 Å². The molecule has 0 amide bonds. The van der Waals surface area contributed by atoms with Crippen LogP contribution in [-0.2, 0) is 4.74 Å². The largest absolute Gasteiger partial charge is 0.465 e. The molecule has 0 unspecified atom stereocenters. The molecule has 0 aliphatic rings. The summed E-state index contributed by atoms with van der Waals surface area (Å²) < 4.78 is 4.69. The van der Waals surface area contributed by atoms with E-state index in [1.807, 2.05) is 18.2 Å². The molecule has 3 rings (SSSR count). The van der Waals surface area contributed by atoms with Crippen molar-refractivity contribution < 1.29 is 9.53 Å². The third-order valence-corrected chi connectivity index (χ3v) is 3.97. The summed E-state index contributed by atoms with van der Waals surface area (Å²) in [5, 5.41) is 14.4. The number of nitrogens with one attached hydrogen (secondary N) is 2. The van der Waals surface area contributed by atoms with Gasteiger partial charge in [-0.3, -0.25) is 0 Å². The molecule has 2 aromatic carbocycles. The highest BCUT2D eigenvalue weighted by Crippen LogP contribution is 2.26. The fourth-order valence-corrected chi connectivity index (χ4v) is 2.61. The zero-order valence-corrected chi connectivity index (χ0v) is 15.4. The van der Waals surface area contributed by atoms with Crippen molar-refractivity contribution in [1.82, 2.24) is 15.2 Å². The maximum atomic E-state index is 11.5. The molecule has 0 aliphatic carbocycles. The zero-order chi connectivity index (χ0) is 19.2. The minimum absolute atomic E-state index is 0.372. The molecular formula is C20H21N5O2. The second-order valence-corrected chi connectivity index (χ2v) is 6.23. The maximum Gasteiger partial charge on any atom is 0.337 e. The first-order valence-corrected chi connectivity index (χ1v) is 8.58. The molecule has 138 valence electrons. The molecule has 0 fully saturated rings. The number of benzene rings is 2. The average Bonchev–Trinajstić information content (AvgIpc) is 2.68. The molecule has 0 radical (unpaired) electrons. The van der Waals surface area contributed by atoms with Crippen LogP contribution < -0.4 is 10.6 Å². The molecule has 7 heteroatoms. The van der Waals surface area contributed by atoms with E-state index >= 15 is 0 Å². The van der Waals surface area contributed by atoms with Gasteiger partial charge in [-0.05, 0) is 41.8 Å². The SMILES string of the molecule is COC(=O)c1ccc(Nc2cnnc(Nc3ccccc3C(C)C)n2)cc1. The van der Waals surface area contributed by atoms with Crippen molar-refractivity contribution in [3.63, 3.8) is 0 Å². The molecule has 7 nitrogen and oxygen atoms in total. The second-order valence-electron chi connectivity index (χ2n) is 6.23. The van der Waals surface area contributed by atoms with E-state index in [-0.39, 0.29) is 5.97 Å². The summed E-state index contributed by atoms with van der Waals surface area (Å²) >= 11 is 0. The van der Waals surface area contributed by atoms with Gasteiger partial charge in [0.05, 0.1) is 18.9 Å². The molecule has 0 aliphatic heterocycles.